The maximum absolute atomic E-state index is 13.0. The highest BCUT2D eigenvalue weighted by molar-refractivity contribution is 6.05. The van der Waals surface area contributed by atoms with Crippen molar-refractivity contribution in [2.45, 2.75) is 109 Å². The third-order valence-corrected chi connectivity index (χ3v) is 7.72. The largest absolute Gasteiger partial charge is 0.322 e. The van der Waals surface area contributed by atoms with Gasteiger partial charge in [-0.1, -0.05) is 51.7 Å². The summed E-state index contributed by atoms with van der Waals surface area (Å²) in [6.45, 7) is 4.99. The van der Waals surface area contributed by atoms with E-state index in [1.165, 1.54) is 56.9 Å². The average molecular weight is 454 g/mol. The molecule has 4 rings (SSSR count). The number of nitrogens with zero attached hydrogens (tertiary/aromatic N) is 1. The Labute approximate surface area is 197 Å². The van der Waals surface area contributed by atoms with Gasteiger partial charge in [-0.3, -0.25) is 19.7 Å². The van der Waals surface area contributed by atoms with Crippen LogP contribution in [-0.4, -0.2) is 40.7 Å². The quantitative estimate of drug-likeness (QED) is 0.552. The Morgan fingerprint density at radius 1 is 1.06 bits per heavy atom. The molecule has 1 aromatic carbocycles. The van der Waals surface area contributed by atoms with Gasteiger partial charge in [0.2, 0.25) is 11.8 Å². The number of imide groups is 1. The van der Waals surface area contributed by atoms with E-state index in [4.69, 9.17) is 0 Å². The highest BCUT2D eigenvalue weighted by Gasteiger charge is 2.39. The molecule has 0 aromatic heterocycles. The molecule has 1 aromatic rings. The lowest BCUT2D eigenvalue weighted by atomic mass is 9.80. The van der Waals surface area contributed by atoms with Crippen LogP contribution >= 0.6 is 0 Å². The molecule has 1 saturated heterocycles. The predicted octanol–water partition coefficient (Wildman–Crippen LogP) is 4.11. The van der Waals surface area contributed by atoms with E-state index < -0.39 is 6.04 Å². The molecule has 0 radical (unpaired) electrons. The summed E-state index contributed by atoms with van der Waals surface area (Å²) < 4.78 is 0. The van der Waals surface area contributed by atoms with Crippen LogP contribution in [0.2, 0.25) is 0 Å². The van der Waals surface area contributed by atoms with E-state index in [0.29, 0.717) is 36.5 Å². The van der Waals surface area contributed by atoms with Crippen molar-refractivity contribution in [2.75, 3.05) is 0 Å². The topological polar surface area (TPSA) is 78.5 Å². The Bertz CT molecular complexity index is 877. The molecule has 0 spiro atoms. The number of hydrogen-bond acceptors (Lipinski definition) is 4. The number of benzene rings is 1. The van der Waals surface area contributed by atoms with Gasteiger partial charge in [-0.25, -0.2) is 0 Å². The van der Waals surface area contributed by atoms with Crippen molar-refractivity contribution in [2.24, 2.45) is 5.92 Å². The highest BCUT2D eigenvalue weighted by Crippen LogP contribution is 2.32. The molecule has 3 atom stereocenters. The van der Waals surface area contributed by atoms with Crippen molar-refractivity contribution >= 4 is 17.7 Å². The smallest absolute Gasteiger partial charge is 0.255 e. The number of amides is 3. The van der Waals surface area contributed by atoms with E-state index in [1.807, 2.05) is 6.07 Å². The number of piperidine rings is 1. The third-order valence-electron chi connectivity index (χ3n) is 7.72. The first-order valence-electron chi connectivity index (χ1n) is 13.0. The van der Waals surface area contributed by atoms with Gasteiger partial charge in [0.1, 0.15) is 6.04 Å². The molecule has 0 bridgehead atoms. The van der Waals surface area contributed by atoms with E-state index in [0.717, 1.165) is 12.0 Å². The minimum Gasteiger partial charge on any atom is -0.322 e. The third kappa shape index (κ3) is 5.48. The summed E-state index contributed by atoms with van der Waals surface area (Å²) in [5, 5.41) is 6.39. The van der Waals surface area contributed by atoms with Gasteiger partial charge >= 0.3 is 0 Å². The summed E-state index contributed by atoms with van der Waals surface area (Å²) >= 11 is 0. The fourth-order valence-electron chi connectivity index (χ4n) is 6.04. The maximum Gasteiger partial charge on any atom is 0.255 e. The first-order valence-corrected chi connectivity index (χ1v) is 13.0. The highest BCUT2D eigenvalue weighted by atomic mass is 16.2. The molecule has 2 aliphatic heterocycles. The zero-order valence-corrected chi connectivity index (χ0v) is 20.2. The number of fused-ring (bicyclic) bond motifs is 1. The Kier molecular flexibility index (Phi) is 7.84. The van der Waals surface area contributed by atoms with Crippen LogP contribution in [0, 0.1) is 5.92 Å². The average Bonchev–Trinajstić information content (AvgIpc) is 3.11. The molecule has 3 amide bonds. The van der Waals surface area contributed by atoms with Gasteiger partial charge in [0.25, 0.3) is 5.91 Å². The number of carbonyl (C=O) groups excluding carboxylic acids is 3. The molecular weight excluding hydrogens is 414 g/mol. The fraction of sp³-hybridized carbons (Fsp3) is 0.667. The van der Waals surface area contributed by atoms with Crippen molar-refractivity contribution in [3.63, 3.8) is 0 Å². The molecule has 2 N–H and O–H groups in total. The molecule has 6 heteroatoms. The summed E-state index contributed by atoms with van der Waals surface area (Å²) in [5.74, 6) is -0.0718. The summed E-state index contributed by atoms with van der Waals surface area (Å²) in [7, 11) is 0. The van der Waals surface area contributed by atoms with Gasteiger partial charge in [-0.2, -0.15) is 0 Å². The lowest BCUT2D eigenvalue weighted by molar-refractivity contribution is -0.136. The predicted molar refractivity (Wildman–Crippen MR) is 129 cm³/mol. The van der Waals surface area contributed by atoms with Crippen molar-refractivity contribution < 1.29 is 14.4 Å². The minimum absolute atomic E-state index is 0.0924. The number of rotatable bonds is 9. The standard InChI is InChI=1S/C27H39N3O3/c1-3-7-21(8-4-2)28-23-10-6-5-9-19(23)15-18-11-12-22-20(16-18)17-30(27(22)33)24-13-14-25(31)29-26(24)32/h11-12,16,19,21,23-24,28H,3-10,13-15,17H2,1-2H3,(H,29,31,32)/t19-,23+,24?/m1/s1. The Hall–Kier alpha value is -2.21. The summed E-state index contributed by atoms with van der Waals surface area (Å²) in [6, 6.07) is 6.86. The van der Waals surface area contributed by atoms with Gasteiger partial charge < -0.3 is 10.2 Å². The van der Waals surface area contributed by atoms with E-state index in [2.05, 4.69) is 36.6 Å². The van der Waals surface area contributed by atoms with Gasteiger partial charge in [0, 0.05) is 30.6 Å². The molecule has 1 aliphatic carbocycles. The zero-order valence-electron chi connectivity index (χ0n) is 20.2. The molecule has 1 saturated carbocycles. The SMILES string of the molecule is CCCC(CCC)N[C@H]1CCCC[C@@H]1Cc1ccc2c(c1)CN(C1CCC(=O)NC1=O)C2=O. The maximum atomic E-state index is 13.0. The second kappa shape index (κ2) is 10.8. The first kappa shape index (κ1) is 23.9. The van der Waals surface area contributed by atoms with Crippen LogP contribution in [0.4, 0.5) is 0 Å². The van der Waals surface area contributed by atoms with E-state index >= 15 is 0 Å². The molecule has 2 fully saturated rings. The summed E-state index contributed by atoms with van der Waals surface area (Å²) in [5.41, 5.74) is 3.00. The monoisotopic (exact) mass is 453 g/mol. The van der Waals surface area contributed by atoms with Crippen LogP contribution in [0.15, 0.2) is 18.2 Å². The molecule has 180 valence electrons. The Morgan fingerprint density at radius 2 is 1.82 bits per heavy atom. The van der Waals surface area contributed by atoms with Gasteiger partial charge in [0.15, 0.2) is 0 Å². The summed E-state index contributed by atoms with van der Waals surface area (Å²) in [4.78, 5) is 38.4. The van der Waals surface area contributed by atoms with Crippen molar-refractivity contribution in [3.05, 3.63) is 34.9 Å². The van der Waals surface area contributed by atoms with Crippen LogP contribution in [0.5, 0.6) is 0 Å². The number of hydrogen-bond donors (Lipinski definition) is 2. The normalized spacial score (nSPS) is 25.5. The van der Waals surface area contributed by atoms with Crippen molar-refractivity contribution in [1.82, 2.24) is 15.5 Å². The van der Waals surface area contributed by atoms with Crippen LogP contribution in [0.25, 0.3) is 0 Å². The minimum atomic E-state index is -0.549. The molecule has 3 aliphatic rings. The lowest BCUT2D eigenvalue weighted by Gasteiger charge is -2.35. The molecular formula is C27H39N3O3. The van der Waals surface area contributed by atoms with Gasteiger partial charge in [-0.15, -0.1) is 0 Å². The van der Waals surface area contributed by atoms with E-state index in [1.54, 1.807) is 4.90 Å². The van der Waals surface area contributed by atoms with Crippen LogP contribution in [0.1, 0.15) is 99.5 Å². The number of carbonyl (C=O) groups is 3. The lowest BCUT2D eigenvalue weighted by Crippen LogP contribution is -2.52. The number of nitrogens with one attached hydrogen (secondary N) is 2. The van der Waals surface area contributed by atoms with Crippen LogP contribution in [-0.2, 0) is 22.6 Å². The molecule has 1 unspecified atom stereocenters. The van der Waals surface area contributed by atoms with Gasteiger partial charge in [0.05, 0.1) is 0 Å². The van der Waals surface area contributed by atoms with Crippen LogP contribution < -0.4 is 10.6 Å². The van der Waals surface area contributed by atoms with E-state index in [-0.39, 0.29) is 24.1 Å². The molecule has 6 nitrogen and oxygen atoms in total. The second-order valence-corrected chi connectivity index (χ2v) is 10.2. The second-order valence-electron chi connectivity index (χ2n) is 10.2. The fourth-order valence-corrected chi connectivity index (χ4v) is 6.04. The zero-order chi connectivity index (χ0) is 23.4. The van der Waals surface area contributed by atoms with Crippen molar-refractivity contribution in [3.8, 4) is 0 Å². The van der Waals surface area contributed by atoms with E-state index in [9.17, 15) is 14.4 Å². The summed E-state index contributed by atoms with van der Waals surface area (Å²) in [6.07, 6.45) is 11.8. The van der Waals surface area contributed by atoms with Gasteiger partial charge in [-0.05, 0) is 61.6 Å². The van der Waals surface area contributed by atoms with Crippen molar-refractivity contribution in [1.29, 1.82) is 0 Å². The Morgan fingerprint density at radius 3 is 2.55 bits per heavy atom. The first-order chi connectivity index (χ1) is 16.0. The van der Waals surface area contributed by atoms with Crippen LogP contribution in [0.3, 0.4) is 0 Å². The molecule has 33 heavy (non-hydrogen) atoms. The molecule has 2 heterocycles. The Balaban J connectivity index is 1.43.